The van der Waals surface area contributed by atoms with Crippen molar-refractivity contribution in [3.8, 4) is 11.3 Å². The zero-order valence-electron chi connectivity index (χ0n) is 17.2. The molecule has 0 atom stereocenters. The van der Waals surface area contributed by atoms with Gasteiger partial charge in [0.15, 0.2) is 17.1 Å². The second-order valence-corrected chi connectivity index (χ2v) is 8.63. The Morgan fingerprint density at radius 3 is 2.62 bits per heavy atom. The van der Waals surface area contributed by atoms with Crippen LogP contribution in [0, 0.1) is 25.6 Å². The van der Waals surface area contributed by atoms with Crippen LogP contribution < -0.4 is 0 Å². The number of aromatic nitrogens is 5. The topological polar surface area (TPSA) is 50.7 Å². The van der Waals surface area contributed by atoms with Gasteiger partial charge in [-0.25, -0.2) is 18.9 Å². The molecule has 1 fully saturated rings. The minimum absolute atomic E-state index is 0.320. The molecule has 0 saturated heterocycles. The van der Waals surface area contributed by atoms with Gasteiger partial charge in [-0.15, -0.1) is 0 Å². The van der Waals surface area contributed by atoms with E-state index < -0.39 is 0 Å². The average molecular weight is 392 g/mol. The van der Waals surface area contributed by atoms with Gasteiger partial charge in [0.1, 0.15) is 0 Å². The lowest BCUT2D eigenvalue weighted by Gasteiger charge is -2.35. The van der Waals surface area contributed by atoms with Crippen LogP contribution in [0.25, 0.3) is 22.6 Å². The van der Waals surface area contributed by atoms with Gasteiger partial charge in [-0.2, -0.15) is 5.10 Å². The molecule has 0 bridgehead atoms. The van der Waals surface area contributed by atoms with Gasteiger partial charge in [0.2, 0.25) is 0 Å². The van der Waals surface area contributed by atoms with Crippen molar-refractivity contribution in [1.29, 1.82) is 0 Å². The van der Waals surface area contributed by atoms with Gasteiger partial charge in [-0.1, -0.05) is 0 Å². The highest BCUT2D eigenvalue weighted by atomic mass is 19.1. The molecule has 7 heteroatoms. The molecule has 0 N–H and O–H groups in total. The van der Waals surface area contributed by atoms with Crippen LogP contribution in [0.3, 0.4) is 0 Å². The lowest BCUT2D eigenvalue weighted by Crippen LogP contribution is -2.31. The van der Waals surface area contributed by atoms with Crippen molar-refractivity contribution in [3.63, 3.8) is 0 Å². The van der Waals surface area contributed by atoms with Crippen LogP contribution in [-0.4, -0.2) is 49.5 Å². The first-order valence-electron chi connectivity index (χ1n) is 10.0. The Labute approximate surface area is 169 Å². The van der Waals surface area contributed by atoms with Crippen LogP contribution >= 0.6 is 0 Å². The molecule has 0 aliphatic heterocycles. The van der Waals surface area contributed by atoms with Crippen LogP contribution in [0.5, 0.6) is 0 Å². The molecule has 4 heterocycles. The summed E-state index contributed by atoms with van der Waals surface area (Å²) in [5.74, 6) is 0.811. The first-order chi connectivity index (χ1) is 13.9. The number of aryl methyl sites for hydroxylation is 2. The van der Waals surface area contributed by atoms with E-state index in [9.17, 15) is 4.39 Å². The normalized spacial score (nSPS) is 19.4. The number of nitrogens with zero attached hydrogens (tertiary/aromatic N) is 6. The zero-order valence-corrected chi connectivity index (χ0v) is 17.2. The van der Waals surface area contributed by atoms with E-state index in [0.717, 1.165) is 53.2 Å². The summed E-state index contributed by atoms with van der Waals surface area (Å²) in [5.41, 5.74) is 5.57. The van der Waals surface area contributed by atoms with Gasteiger partial charge in [-0.05, 0) is 64.4 Å². The molecular weight excluding hydrogens is 367 g/mol. The standard InChI is InChI=1S/C22H25FN6/c1-13-5-19(26-29-9-14(2)24-21(13)29)17-8-18(23)22-25-20(12-28(22)11-17)16-6-15(7-16)10-27(3)4/h5,8-9,11-12,15-16H,6-7,10H2,1-4H3. The highest BCUT2D eigenvalue weighted by Gasteiger charge is 2.32. The molecule has 0 amide bonds. The monoisotopic (exact) mass is 392 g/mol. The van der Waals surface area contributed by atoms with Crippen molar-refractivity contribution in [3.05, 3.63) is 53.5 Å². The Balaban J connectivity index is 1.49. The summed E-state index contributed by atoms with van der Waals surface area (Å²) in [6, 6.07) is 3.48. The van der Waals surface area contributed by atoms with E-state index >= 15 is 0 Å². The molecule has 1 saturated carbocycles. The Morgan fingerprint density at radius 2 is 1.86 bits per heavy atom. The summed E-state index contributed by atoms with van der Waals surface area (Å²) in [7, 11) is 4.21. The van der Waals surface area contributed by atoms with Crippen molar-refractivity contribution in [2.75, 3.05) is 20.6 Å². The number of rotatable bonds is 4. The van der Waals surface area contributed by atoms with Crippen molar-refractivity contribution >= 4 is 11.3 Å². The van der Waals surface area contributed by atoms with Gasteiger partial charge in [0.25, 0.3) is 0 Å². The molecule has 0 spiro atoms. The average Bonchev–Trinajstić information content (AvgIpc) is 3.20. The summed E-state index contributed by atoms with van der Waals surface area (Å²) < 4.78 is 18.4. The van der Waals surface area contributed by atoms with Crippen LogP contribution in [0.15, 0.2) is 30.7 Å². The molecule has 6 nitrogen and oxygen atoms in total. The van der Waals surface area contributed by atoms with Crippen molar-refractivity contribution < 1.29 is 4.39 Å². The van der Waals surface area contributed by atoms with Crippen molar-refractivity contribution in [2.45, 2.75) is 32.6 Å². The molecule has 29 heavy (non-hydrogen) atoms. The lowest BCUT2D eigenvalue weighted by molar-refractivity contribution is 0.198. The first kappa shape index (κ1) is 18.2. The minimum atomic E-state index is -0.320. The van der Waals surface area contributed by atoms with Gasteiger partial charge in [0.05, 0.1) is 23.3 Å². The minimum Gasteiger partial charge on any atom is -0.309 e. The molecule has 4 aromatic rings. The fourth-order valence-corrected chi connectivity index (χ4v) is 4.44. The summed E-state index contributed by atoms with van der Waals surface area (Å²) in [4.78, 5) is 11.3. The molecule has 150 valence electrons. The van der Waals surface area contributed by atoms with E-state index in [1.807, 2.05) is 38.5 Å². The maximum Gasteiger partial charge on any atom is 0.173 e. The molecule has 0 aromatic carbocycles. The summed E-state index contributed by atoms with van der Waals surface area (Å²) in [5, 5.41) is 4.63. The fraction of sp³-hybridized carbons (Fsp3) is 0.409. The fourth-order valence-electron chi connectivity index (χ4n) is 4.44. The Hall–Kier alpha value is -2.80. The van der Waals surface area contributed by atoms with Crippen molar-refractivity contribution in [1.82, 2.24) is 28.9 Å². The number of pyridine rings is 1. The maximum absolute atomic E-state index is 14.9. The van der Waals surface area contributed by atoms with Crippen LogP contribution in [-0.2, 0) is 0 Å². The predicted octanol–water partition coefficient (Wildman–Crippen LogP) is 3.86. The van der Waals surface area contributed by atoms with Gasteiger partial charge in [0, 0.05) is 30.4 Å². The second kappa shape index (κ2) is 6.62. The highest BCUT2D eigenvalue weighted by Crippen LogP contribution is 2.41. The van der Waals surface area contributed by atoms with Gasteiger partial charge < -0.3 is 9.30 Å². The van der Waals surface area contributed by atoms with E-state index in [0.29, 0.717) is 17.5 Å². The van der Waals surface area contributed by atoms with E-state index in [1.165, 1.54) is 6.07 Å². The predicted molar refractivity (Wildman–Crippen MR) is 111 cm³/mol. The third kappa shape index (κ3) is 3.19. The molecule has 4 aromatic heterocycles. The van der Waals surface area contributed by atoms with Crippen LogP contribution in [0.2, 0.25) is 0 Å². The first-order valence-corrected chi connectivity index (χ1v) is 10.0. The maximum atomic E-state index is 14.9. The lowest BCUT2D eigenvalue weighted by atomic mass is 9.73. The van der Waals surface area contributed by atoms with E-state index in [-0.39, 0.29) is 5.82 Å². The SMILES string of the molecule is Cc1cn2nc(-c3cc(F)c4nc(C5CC(CN(C)C)C5)cn4c3)cc(C)c2n1. The molecule has 1 aliphatic rings. The van der Waals surface area contributed by atoms with E-state index in [4.69, 9.17) is 0 Å². The zero-order chi connectivity index (χ0) is 20.3. The number of hydrogen-bond acceptors (Lipinski definition) is 4. The van der Waals surface area contributed by atoms with Crippen LogP contribution in [0.1, 0.15) is 35.7 Å². The molecule has 0 radical (unpaired) electrons. The van der Waals surface area contributed by atoms with Crippen LogP contribution in [0.4, 0.5) is 4.39 Å². The summed E-state index contributed by atoms with van der Waals surface area (Å²) in [6.07, 6.45) is 8.02. The molecule has 5 rings (SSSR count). The second-order valence-electron chi connectivity index (χ2n) is 8.63. The number of halogens is 1. The van der Waals surface area contributed by atoms with E-state index in [1.54, 1.807) is 8.92 Å². The third-order valence-electron chi connectivity index (χ3n) is 5.83. The molecule has 0 unspecified atom stereocenters. The Kier molecular flexibility index (Phi) is 4.17. The largest absolute Gasteiger partial charge is 0.309 e. The molecule has 1 aliphatic carbocycles. The number of hydrogen-bond donors (Lipinski definition) is 0. The van der Waals surface area contributed by atoms with E-state index in [2.05, 4.69) is 34.1 Å². The number of imidazole rings is 2. The number of fused-ring (bicyclic) bond motifs is 2. The Morgan fingerprint density at radius 1 is 1.07 bits per heavy atom. The Bertz CT molecular complexity index is 1220. The quantitative estimate of drug-likeness (QED) is 0.529. The highest BCUT2D eigenvalue weighted by molar-refractivity contribution is 5.64. The molecular formula is C22H25FN6. The third-order valence-corrected chi connectivity index (χ3v) is 5.83. The van der Waals surface area contributed by atoms with Crippen molar-refractivity contribution in [2.24, 2.45) is 5.92 Å². The summed E-state index contributed by atoms with van der Waals surface area (Å²) in [6.45, 7) is 5.04. The van der Waals surface area contributed by atoms with Gasteiger partial charge >= 0.3 is 0 Å². The smallest absolute Gasteiger partial charge is 0.173 e. The summed E-state index contributed by atoms with van der Waals surface area (Å²) >= 11 is 0. The van der Waals surface area contributed by atoms with Gasteiger partial charge in [-0.3, -0.25) is 0 Å².